The molecule has 30 heavy (non-hydrogen) atoms. The molecule has 2 aromatic rings. The first-order valence-electron chi connectivity index (χ1n) is 9.60. The number of aryl methyl sites for hydroxylation is 1. The Kier molecular flexibility index (Phi) is 5.20. The van der Waals surface area contributed by atoms with Crippen molar-refractivity contribution >= 4 is 27.5 Å². The molecule has 1 N–H and O–H groups in total. The van der Waals surface area contributed by atoms with Crippen molar-refractivity contribution in [1.29, 1.82) is 0 Å². The Morgan fingerprint density at radius 1 is 1.20 bits per heavy atom. The largest absolute Gasteiger partial charge is 0.479 e. The Morgan fingerprint density at radius 2 is 1.93 bits per heavy atom. The Bertz CT molecular complexity index is 1100. The summed E-state index contributed by atoms with van der Waals surface area (Å²) in [6, 6.07) is 8.18. The van der Waals surface area contributed by atoms with Crippen molar-refractivity contribution in [3.05, 3.63) is 47.8 Å². The first-order valence-corrected chi connectivity index (χ1v) is 11.0. The average molecular weight is 430 g/mol. The van der Waals surface area contributed by atoms with E-state index in [4.69, 9.17) is 4.74 Å². The van der Waals surface area contributed by atoms with Crippen molar-refractivity contribution in [2.24, 2.45) is 0 Å². The molecular weight excluding hydrogens is 408 g/mol. The molecule has 0 aliphatic carbocycles. The molecule has 0 saturated carbocycles. The number of ether oxygens (including phenoxy) is 1. The summed E-state index contributed by atoms with van der Waals surface area (Å²) in [4.78, 5) is 30.1. The quantitative estimate of drug-likeness (QED) is 0.785. The smallest absolute Gasteiger partial charge is 0.272 e. The molecule has 2 aliphatic heterocycles. The highest BCUT2D eigenvalue weighted by molar-refractivity contribution is 7.89. The highest BCUT2D eigenvalue weighted by atomic mass is 32.2. The van der Waals surface area contributed by atoms with Crippen molar-refractivity contribution in [3.63, 3.8) is 0 Å². The number of fused-ring (bicyclic) bond motifs is 1. The summed E-state index contributed by atoms with van der Waals surface area (Å²) in [5.41, 5.74) is 1.31. The predicted octanol–water partition coefficient (Wildman–Crippen LogP) is 1.26. The molecule has 1 fully saturated rings. The van der Waals surface area contributed by atoms with Crippen LogP contribution in [0.2, 0.25) is 0 Å². The molecule has 1 aromatic heterocycles. The molecule has 0 spiro atoms. The Morgan fingerprint density at radius 3 is 2.60 bits per heavy atom. The summed E-state index contributed by atoms with van der Waals surface area (Å²) < 4.78 is 33.4. The number of aromatic nitrogens is 1. The zero-order chi connectivity index (χ0) is 21.5. The highest BCUT2D eigenvalue weighted by Crippen LogP contribution is 2.35. The second-order valence-corrected chi connectivity index (χ2v) is 9.18. The lowest BCUT2D eigenvalue weighted by molar-refractivity contribution is -0.122. The van der Waals surface area contributed by atoms with Gasteiger partial charge in [-0.25, -0.2) is 8.42 Å². The molecule has 0 radical (unpaired) electrons. The van der Waals surface area contributed by atoms with E-state index in [1.54, 1.807) is 49.2 Å². The van der Waals surface area contributed by atoms with Crippen LogP contribution in [0.1, 0.15) is 23.0 Å². The summed E-state index contributed by atoms with van der Waals surface area (Å²) in [7, 11) is -3.78. The van der Waals surface area contributed by atoms with Crippen LogP contribution in [0.4, 0.5) is 5.69 Å². The number of carbonyl (C=O) groups is 2. The molecule has 1 unspecified atom stereocenters. The first-order chi connectivity index (χ1) is 14.3. The molecular formula is C20H22N4O5S. The van der Waals surface area contributed by atoms with Gasteiger partial charge < -0.3 is 15.0 Å². The summed E-state index contributed by atoms with van der Waals surface area (Å²) >= 11 is 0. The van der Waals surface area contributed by atoms with E-state index < -0.39 is 16.1 Å². The second-order valence-electron chi connectivity index (χ2n) is 7.27. The third kappa shape index (κ3) is 3.63. The monoisotopic (exact) mass is 430 g/mol. The van der Waals surface area contributed by atoms with Crippen LogP contribution in [-0.4, -0.2) is 66.7 Å². The van der Waals surface area contributed by atoms with Crippen LogP contribution in [0, 0.1) is 6.92 Å². The fraction of sp³-hybridized carbons (Fsp3) is 0.350. The van der Waals surface area contributed by atoms with Crippen molar-refractivity contribution in [2.75, 3.05) is 31.5 Å². The van der Waals surface area contributed by atoms with E-state index in [0.717, 1.165) is 0 Å². The lowest BCUT2D eigenvalue weighted by atomic mass is 10.1. The number of nitrogens with zero attached hydrogens (tertiary/aromatic N) is 3. The molecule has 0 bridgehead atoms. The molecule has 9 nitrogen and oxygen atoms in total. The summed E-state index contributed by atoms with van der Waals surface area (Å²) in [5.74, 6) is -0.155. The number of piperazine rings is 1. The normalized spacial score (nSPS) is 19.6. The highest BCUT2D eigenvalue weighted by Gasteiger charge is 2.33. The van der Waals surface area contributed by atoms with Gasteiger partial charge in [0.25, 0.3) is 11.8 Å². The Labute approximate surface area is 174 Å². The minimum absolute atomic E-state index is 0.133. The van der Waals surface area contributed by atoms with Crippen molar-refractivity contribution < 1.29 is 22.7 Å². The molecule has 2 aliphatic rings. The van der Waals surface area contributed by atoms with Gasteiger partial charge in [0, 0.05) is 38.4 Å². The molecule has 3 heterocycles. The molecule has 1 aromatic carbocycles. The fourth-order valence-corrected chi connectivity index (χ4v) is 5.19. The van der Waals surface area contributed by atoms with E-state index in [0.29, 0.717) is 22.7 Å². The van der Waals surface area contributed by atoms with Gasteiger partial charge in [-0.2, -0.15) is 4.31 Å². The summed E-state index contributed by atoms with van der Waals surface area (Å²) in [6.07, 6.45) is 0.856. The zero-order valence-electron chi connectivity index (χ0n) is 16.7. The molecule has 1 atom stereocenters. The number of anilines is 1. The number of hydrogen-bond acceptors (Lipinski definition) is 6. The van der Waals surface area contributed by atoms with Gasteiger partial charge in [0.2, 0.25) is 10.0 Å². The predicted molar refractivity (Wildman–Crippen MR) is 109 cm³/mol. The van der Waals surface area contributed by atoms with Gasteiger partial charge in [-0.05, 0) is 37.6 Å². The lowest BCUT2D eigenvalue weighted by Crippen LogP contribution is -2.50. The third-order valence-electron chi connectivity index (χ3n) is 5.24. The number of hydrogen-bond donors (Lipinski definition) is 1. The van der Waals surface area contributed by atoms with Gasteiger partial charge >= 0.3 is 0 Å². The molecule has 1 saturated heterocycles. The Hall–Kier alpha value is -2.98. The summed E-state index contributed by atoms with van der Waals surface area (Å²) in [5, 5.41) is 2.72. The van der Waals surface area contributed by atoms with Crippen molar-refractivity contribution in [1.82, 2.24) is 14.2 Å². The zero-order valence-corrected chi connectivity index (χ0v) is 17.5. The van der Waals surface area contributed by atoms with Gasteiger partial charge in [-0.1, -0.05) is 6.07 Å². The standard InChI is InChI=1S/C20H22N4O5S/c1-13-11-16-17(29-14(2)19(25)22-16)12-18(13)30(27,28)24-9-7-23(8-10-24)20(26)15-5-3-4-6-21-15/h3-6,11-12,14H,7-10H2,1-2H3,(H,22,25). The number of benzene rings is 1. The number of carbonyl (C=O) groups excluding carboxylic acids is 2. The SMILES string of the molecule is Cc1cc2c(cc1S(=O)(=O)N1CCN(C(=O)c3ccccn3)CC1)OC(C)C(=O)N2. The fourth-order valence-electron chi connectivity index (χ4n) is 3.54. The van der Waals surface area contributed by atoms with E-state index in [-0.39, 0.29) is 42.9 Å². The van der Waals surface area contributed by atoms with E-state index in [2.05, 4.69) is 10.3 Å². The van der Waals surface area contributed by atoms with Crippen LogP contribution in [0.15, 0.2) is 41.4 Å². The van der Waals surface area contributed by atoms with Gasteiger partial charge in [0.05, 0.1) is 10.6 Å². The lowest BCUT2D eigenvalue weighted by Gasteiger charge is -2.34. The number of pyridine rings is 1. The third-order valence-corrected chi connectivity index (χ3v) is 7.28. The van der Waals surface area contributed by atoms with E-state index in [1.807, 2.05) is 0 Å². The summed E-state index contributed by atoms with van der Waals surface area (Å²) in [6.45, 7) is 4.21. The first kappa shape index (κ1) is 20.3. The number of rotatable bonds is 3. The van der Waals surface area contributed by atoms with Crippen LogP contribution in [0.25, 0.3) is 0 Å². The van der Waals surface area contributed by atoms with Gasteiger partial charge in [0.15, 0.2) is 6.10 Å². The number of sulfonamides is 1. The molecule has 10 heteroatoms. The molecule has 158 valence electrons. The van der Waals surface area contributed by atoms with Crippen molar-refractivity contribution in [3.8, 4) is 5.75 Å². The van der Waals surface area contributed by atoms with E-state index in [9.17, 15) is 18.0 Å². The average Bonchev–Trinajstić information content (AvgIpc) is 2.74. The van der Waals surface area contributed by atoms with Crippen LogP contribution in [0.3, 0.4) is 0 Å². The minimum Gasteiger partial charge on any atom is -0.479 e. The van der Waals surface area contributed by atoms with Crippen LogP contribution in [-0.2, 0) is 14.8 Å². The van der Waals surface area contributed by atoms with Crippen molar-refractivity contribution in [2.45, 2.75) is 24.8 Å². The molecule has 4 rings (SSSR count). The van der Waals surface area contributed by atoms with Gasteiger partial charge in [-0.3, -0.25) is 14.6 Å². The van der Waals surface area contributed by atoms with Crippen LogP contribution in [0.5, 0.6) is 5.75 Å². The number of nitrogens with one attached hydrogen (secondary N) is 1. The maximum atomic E-state index is 13.3. The van der Waals surface area contributed by atoms with Crippen LogP contribution >= 0.6 is 0 Å². The maximum Gasteiger partial charge on any atom is 0.272 e. The topological polar surface area (TPSA) is 109 Å². The Balaban J connectivity index is 1.52. The van der Waals surface area contributed by atoms with E-state index >= 15 is 0 Å². The minimum atomic E-state index is -3.78. The van der Waals surface area contributed by atoms with E-state index in [1.165, 1.54) is 10.4 Å². The number of amides is 2. The van der Waals surface area contributed by atoms with Gasteiger partial charge in [0.1, 0.15) is 11.4 Å². The maximum absolute atomic E-state index is 13.3. The molecule has 2 amide bonds. The van der Waals surface area contributed by atoms with Gasteiger partial charge in [-0.15, -0.1) is 0 Å². The second kappa shape index (κ2) is 7.69. The van der Waals surface area contributed by atoms with Crippen LogP contribution < -0.4 is 10.1 Å².